The van der Waals surface area contributed by atoms with Crippen LogP contribution in [0.1, 0.15) is 5.56 Å². The first-order valence-electron chi connectivity index (χ1n) is 5.91. The second kappa shape index (κ2) is 5.19. The first-order chi connectivity index (χ1) is 8.20. The number of ether oxygens (including phenoxy) is 1. The molecule has 0 spiro atoms. The van der Waals surface area contributed by atoms with E-state index >= 15 is 0 Å². The van der Waals surface area contributed by atoms with Crippen molar-refractivity contribution in [1.29, 1.82) is 0 Å². The van der Waals surface area contributed by atoms with Crippen molar-refractivity contribution >= 4 is 10.8 Å². The SMILES string of the molecule is COc1cccc2cc(CCN(C)C)ccc12. The van der Waals surface area contributed by atoms with Crippen LogP contribution in [0.5, 0.6) is 5.75 Å². The Morgan fingerprint density at radius 1 is 1.12 bits per heavy atom. The minimum atomic E-state index is 0.946. The van der Waals surface area contributed by atoms with E-state index in [4.69, 9.17) is 4.74 Å². The molecule has 0 N–H and O–H groups in total. The smallest absolute Gasteiger partial charge is 0.126 e. The Morgan fingerprint density at radius 3 is 2.65 bits per heavy atom. The maximum Gasteiger partial charge on any atom is 0.126 e. The van der Waals surface area contributed by atoms with Gasteiger partial charge in [0.05, 0.1) is 7.11 Å². The molecule has 0 bridgehead atoms. The maximum absolute atomic E-state index is 5.36. The largest absolute Gasteiger partial charge is 0.496 e. The maximum atomic E-state index is 5.36. The van der Waals surface area contributed by atoms with Gasteiger partial charge in [-0.3, -0.25) is 0 Å². The molecule has 0 saturated carbocycles. The lowest BCUT2D eigenvalue weighted by Crippen LogP contribution is -2.14. The zero-order chi connectivity index (χ0) is 12.3. The number of benzene rings is 2. The summed E-state index contributed by atoms with van der Waals surface area (Å²) in [5.41, 5.74) is 1.37. The molecule has 0 amide bonds. The van der Waals surface area contributed by atoms with Crippen LogP contribution in [0.3, 0.4) is 0 Å². The van der Waals surface area contributed by atoms with Crippen molar-refractivity contribution in [1.82, 2.24) is 4.90 Å². The van der Waals surface area contributed by atoms with E-state index < -0.39 is 0 Å². The highest BCUT2D eigenvalue weighted by Gasteiger charge is 2.02. The lowest BCUT2D eigenvalue weighted by atomic mass is 10.0. The molecule has 90 valence electrons. The number of fused-ring (bicyclic) bond motifs is 1. The molecule has 0 aliphatic rings. The summed E-state index contributed by atoms with van der Waals surface area (Å²) in [6.45, 7) is 1.08. The summed E-state index contributed by atoms with van der Waals surface area (Å²) in [7, 11) is 5.92. The third-order valence-corrected chi connectivity index (χ3v) is 2.97. The zero-order valence-corrected chi connectivity index (χ0v) is 10.7. The minimum Gasteiger partial charge on any atom is -0.496 e. The molecule has 0 fully saturated rings. The highest BCUT2D eigenvalue weighted by atomic mass is 16.5. The lowest BCUT2D eigenvalue weighted by molar-refractivity contribution is 0.413. The Morgan fingerprint density at radius 2 is 1.94 bits per heavy atom. The van der Waals surface area contributed by atoms with Gasteiger partial charge in [-0.1, -0.05) is 30.3 Å². The molecule has 0 atom stereocenters. The van der Waals surface area contributed by atoms with Gasteiger partial charge in [-0.2, -0.15) is 0 Å². The molecule has 17 heavy (non-hydrogen) atoms. The van der Waals surface area contributed by atoms with Crippen molar-refractivity contribution in [2.75, 3.05) is 27.7 Å². The predicted molar refractivity (Wildman–Crippen MR) is 72.8 cm³/mol. The molecule has 2 aromatic carbocycles. The summed E-state index contributed by atoms with van der Waals surface area (Å²) in [6, 6.07) is 12.8. The molecule has 2 rings (SSSR count). The molecule has 2 heteroatoms. The van der Waals surface area contributed by atoms with E-state index in [1.165, 1.54) is 16.3 Å². The number of rotatable bonds is 4. The third kappa shape index (κ3) is 2.77. The van der Waals surface area contributed by atoms with E-state index in [1.807, 2.05) is 12.1 Å². The van der Waals surface area contributed by atoms with Crippen molar-refractivity contribution in [2.24, 2.45) is 0 Å². The number of likely N-dealkylation sites (N-methyl/N-ethyl adjacent to an activating group) is 1. The van der Waals surface area contributed by atoms with Gasteiger partial charge < -0.3 is 9.64 Å². The van der Waals surface area contributed by atoms with Gasteiger partial charge in [-0.25, -0.2) is 0 Å². The molecular weight excluding hydrogens is 210 g/mol. The summed E-state index contributed by atoms with van der Waals surface area (Å²) in [5, 5.41) is 2.43. The van der Waals surface area contributed by atoms with E-state index in [1.54, 1.807) is 7.11 Å². The Labute approximate surface area is 103 Å². The Kier molecular flexibility index (Phi) is 3.64. The van der Waals surface area contributed by atoms with Crippen LogP contribution in [0.2, 0.25) is 0 Å². The zero-order valence-electron chi connectivity index (χ0n) is 10.7. The molecule has 0 heterocycles. The van der Waals surface area contributed by atoms with E-state index in [0.717, 1.165) is 18.7 Å². The number of methoxy groups -OCH3 is 1. The van der Waals surface area contributed by atoms with Gasteiger partial charge in [0.1, 0.15) is 5.75 Å². The molecule has 0 saturated heterocycles. The fourth-order valence-corrected chi connectivity index (χ4v) is 1.99. The molecule has 0 aliphatic heterocycles. The van der Waals surface area contributed by atoms with Gasteiger partial charge in [0.2, 0.25) is 0 Å². The highest BCUT2D eigenvalue weighted by Crippen LogP contribution is 2.26. The first-order valence-corrected chi connectivity index (χ1v) is 5.91. The molecule has 0 radical (unpaired) electrons. The van der Waals surface area contributed by atoms with Crippen molar-refractivity contribution in [2.45, 2.75) is 6.42 Å². The standard InChI is InChI=1S/C15H19NO/c1-16(2)10-9-12-7-8-14-13(11-12)5-4-6-15(14)17-3/h4-8,11H,9-10H2,1-3H3. The van der Waals surface area contributed by atoms with Gasteiger partial charge in [0.25, 0.3) is 0 Å². The van der Waals surface area contributed by atoms with Crippen LogP contribution in [0.4, 0.5) is 0 Å². The van der Waals surface area contributed by atoms with Crippen LogP contribution in [-0.2, 0) is 6.42 Å². The normalized spacial score (nSPS) is 11.1. The van der Waals surface area contributed by atoms with Crippen LogP contribution in [0.25, 0.3) is 10.8 Å². The van der Waals surface area contributed by atoms with Gasteiger partial charge in [0, 0.05) is 11.9 Å². The molecule has 0 unspecified atom stereocenters. The van der Waals surface area contributed by atoms with E-state index in [9.17, 15) is 0 Å². The molecule has 2 nitrogen and oxygen atoms in total. The quantitative estimate of drug-likeness (QED) is 0.799. The molecule has 0 aromatic heterocycles. The summed E-state index contributed by atoms with van der Waals surface area (Å²) in [4.78, 5) is 2.20. The molecular formula is C15H19NO. The fraction of sp³-hybridized carbons (Fsp3) is 0.333. The van der Waals surface area contributed by atoms with Crippen LogP contribution in [0, 0.1) is 0 Å². The molecule has 2 aromatic rings. The van der Waals surface area contributed by atoms with Gasteiger partial charge in [-0.15, -0.1) is 0 Å². The third-order valence-electron chi connectivity index (χ3n) is 2.97. The second-order valence-corrected chi connectivity index (χ2v) is 4.57. The lowest BCUT2D eigenvalue weighted by Gasteiger charge is -2.10. The van der Waals surface area contributed by atoms with E-state index in [0.29, 0.717) is 0 Å². The average molecular weight is 229 g/mol. The van der Waals surface area contributed by atoms with Gasteiger partial charge in [-0.05, 0) is 37.5 Å². The number of hydrogen-bond donors (Lipinski definition) is 0. The average Bonchev–Trinajstić information content (AvgIpc) is 2.35. The van der Waals surface area contributed by atoms with Crippen LogP contribution >= 0.6 is 0 Å². The number of hydrogen-bond acceptors (Lipinski definition) is 2. The molecule has 0 aliphatic carbocycles. The van der Waals surface area contributed by atoms with E-state index in [2.05, 4.69) is 43.3 Å². The summed E-state index contributed by atoms with van der Waals surface area (Å²) in [6.07, 6.45) is 1.08. The topological polar surface area (TPSA) is 12.5 Å². The summed E-state index contributed by atoms with van der Waals surface area (Å²) in [5.74, 6) is 0.946. The minimum absolute atomic E-state index is 0.946. The van der Waals surface area contributed by atoms with Crippen LogP contribution in [-0.4, -0.2) is 32.6 Å². The van der Waals surface area contributed by atoms with Crippen molar-refractivity contribution < 1.29 is 4.74 Å². The van der Waals surface area contributed by atoms with Crippen LogP contribution < -0.4 is 4.74 Å². The summed E-state index contributed by atoms with van der Waals surface area (Å²) < 4.78 is 5.36. The Hall–Kier alpha value is -1.54. The van der Waals surface area contributed by atoms with Crippen molar-refractivity contribution in [3.05, 3.63) is 42.0 Å². The predicted octanol–water partition coefficient (Wildman–Crippen LogP) is 2.95. The van der Waals surface area contributed by atoms with Gasteiger partial charge in [0.15, 0.2) is 0 Å². The second-order valence-electron chi connectivity index (χ2n) is 4.57. The number of nitrogens with zero attached hydrogens (tertiary/aromatic N) is 1. The monoisotopic (exact) mass is 229 g/mol. The van der Waals surface area contributed by atoms with E-state index in [-0.39, 0.29) is 0 Å². The first kappa shape index (κ1) is 11.9. The van der Waals surface area contributed by atoms with Crippen molar-refractivity contribution in [3.8, 4) is 5.75 Å². The van der Waals surface area contributed by atoms with Gasteiger partial charge >= 0.3 is 0 Å². The summed E-state index contributed by atoms with van der Waals surface area (Å²) >= 11 is 0. The Balaban J connectivity index is 2.31. The van der Waals surface area contributed by atoms with Crippen molar-refractivity contribution in [3.63, 3.8) is 0 Å². The highest BCUT2D eigenvalue weighted by molar-refractivity contribution is 5.88. The fourth-order valence-electron chi connectivity index (χ4n) is 1.99. The van der Waals surface area contributed by atoms with Crippen LogP contribution in [0.15, 0.2) is 36.4 Å². The Bertz CT molecular complexity index is 505.